The van der Waals surface area contributed by atoms with Crippen molar-refractivity contribution < 1.29 is 14.3 Å². The predicted molar refractivity (Wildman–Crippen MR) is 89.3 cm³/mol. The molecule has 126 valence electrons. The standard InChI is InChI=1S/C18H26N2O3/c1-12(2)10-23-15-8-7-14(9-16(15)22-6)13(3)20-17(21)18(4,5)11-19/h7-9,12-13H,10H2,1-6H3,(H,20,21)/t13-/m1/s1. The second kappa shape index (κ2) is 7.87. The van der Waals surface area contributed by atoms with Crippen molar-refractivity contribution in [2.45, 2.75) is 40.7 Å². The molecule has 0 spiro atoms. The molecule has 1 N–H and O–H groups in total. The highest BCUT2D eigenvalue weighted by molar-refractivity contribution is 5.84. The summed E-state index contributed by atoms with van der Waals surface area (Å²) in [5, 5.41) is 11.9. The van der Waals surface area contributed by atoms with Gasteiger partial charge in [0.05, 0.1) is 25.8 Å². The average molecular weight is 318 g/mol. The number of amides is 1. The zero-order valence-corrected chi connectivity index (χ0v) is 14.8. The molecule has 1 amide bonds. The molecule has 5 nitrogen and oxygen atoms in total. The predicted octanol–water partition coefficient (Wildman–Crippen LogP) is 3.46. The molecular weight excluding hydrogens is 292 g/mol. The third-order valence-electron chi connectivity index (χ3n) is 3.45. The van der Waals surface area contributed by atoms with E-state index in [0.717, 1.165) is 5.56 Å². The summed E-state index contributed by atoms with van der Waals surface area (Å²) in [4.78, 5) is 12.1. The maximum absolute atomic E-state index is 12.1. The lowest BCUT2D eigenvalue weighted by Gasteiger charge is -2.21. The Bertz CT molecular complexity index is 588. The summed E-state index contributed by atoms with van der Waals surface area (Å²) in [6, 6.07) is 7.35. The van der Waals surface area contributed by atoms with Gasteiger partial charge in [0.25, 0.3) is 0 Å². The first-order valence-corrected chi connectivity index (χ1v) is 7.74. The van der Waals surface area contributed by atoms with Crippen LogP contribution in [0.3, 0.4) is 0 Å². The molecule has 0 saturated carbocycles. The Balaban J connectivity index is 2.88. The van der Waals surface area contributed by atoms with Gasteiger partial charge >= 0.3 is 0 Å². The number of nitrogens with one attached hydrogen (secondary N) is 1. The summed E-state index contributed by atoms with van der Waals surface area (Å²) in [5.41, 5.74) is -0.167. The molecule has 0 bridgehead atoms. The van der Waals surface area contributed by atoms with Crippen LogP contribution in [0.4, 0.5) is 0 Å². The first kappa shape index (κ1) is 18.8. The molecule has 0 fully saturated rings. The molecule has 0 aromatic heterocycles. The fourth-order valence-electron chi connectivity index (χ4n) is 1.84. The maximum Gasteiger partial charge on any atom is 0.240 e. The van der Waals surface area contributed by atoms with Crippen molar-refractivity contribution in [2.75, 3.05) is 13.7 Å². The molecule has 0 aliphatic heterocycles. The fourth-order valence-corrected chi connectivity index (χ4v) is 1.84. The number of carbonyl (C=O) groups is 1. The summed E-state index contributed by atoms with van der Waals surface area (Å²) >= 11 is 0. The monoisotopic (exact) mass is 318 g/mol. The SMILES string of the molecule is COc1cc([C@@H](C)NC(=O)C(C)(C)C#N)ccc1OCC(C)C. The van der Waals surface area contributed by atoms with E-state index in [-0.39, 0.29) is 11.9 Å². The zero-order chi connectivity index (χ0) is 17.6. The average Bonchev–Trinajstić information content (AvgIpc) is 2.52. The number of nitriles is 1. The quantitative estimate of drug-likeness (QED) is 0.835. The molecule has 1 aromatic carbocycles. The van der Waals surface area contributed by atoms with Gasteiger partial charge in [0.2, 0.25) is 5.91 Å². The van der Waals surface area contributed by atoms with E-state index in [2.05, 4.69) is 19.2 Å². The molecule has 1 atom stereocenters. The molecule has 1 aromatic rings. The van der Waals surface area contributed by atoms with Crippen LogP contribution < -0.4 is 14.8 Å². The lowest BCUT2D eigenvalue weighted by molar-refractivity contribution is -0.127. The van der Waals surface area contributed by atoms with E-state index in [0.29, 0.717) is 24.0 Å². The minimum atomic E-state index is -1.06. The Morgan fingerprint density at radius 1 is 1.30 bits per heavy atom. The highest BCUT2D eigenvalue weighted by Crippen LogP contribution is 2.31. The van der Waals surface area contributed by atoms with E-state index < -0.39 is 5.41 Å². The highest BCUT2D eigenvalue weighted by Gasteiger charge is 2.28. The molecule has 1 rings (SSSR count). The minimum absolute atomic E-state index is 0.233. The molecule has 5 heteroatoms. The van der Waals surface area contributed by atoms with E-state index in [1.165, 1.54) is 0 Å². The smallest absolute Gasteiger partial charge is 0.240 e. The second-order valence-corrected chi connectivity index (χ2v) is 6.55. The maximum atomic E-state index is 12.1. The molecule has 0 radical (unpaired) electrons. The topological polar surface area (TPSA) is 71.3 Å². The van der Waals surface area contributed by atoms with Gasteiger partial charge < -0.3 is 14.8 Å². The lowest BCUT2D eigenvalue weighted by Crippen LogP contribution is -2.37. The normalized spacial score (nSPS) is 12.4. The van der Waals surface area contributed by atoms with Crippen molar-refractivity contribution in [3.05, 3.63) is 23.8 Å². The van der Waals surface area contributed by atoms with Crippen molar-refractivity contribution in [3.8, 4) is 17.6 Å². The molecule has 23 heavy (non-hydrogen) atoms. The van der Waals surface area contributed by atoms with E-state index in [9.17, 15) is 4.79 Å². The van der Waals surface area contributed by atoms with Crippen LogP contribution in [0.5, 0.6) is 11.5 Å². The summed E-state index contributed by atoms with van der Waals surface area (Å²) in [6.45, 7) is 9.83. The first-order valence-electron chi connectivity index (χ1n) is 7.74. The van der Waals surface area contributed by atoms with Crippen LogP contribution in [0.25, 0.3) is 0 Å². The Morgan fingerprint density at radius 3 is 2.48 bits per heavy atom. The third kappa shape index (κ3) is 5.17. The summed E-state index contributed by atoms with van der Waals surface area (Å²) in [7, 11) is 1.59. The van der Waals surface area contributed by atoms with Crippen LogP contribution in [0.2, 0.25) is 0 Å². The first-order chi connectivity index (χ1) is 10.7. The number of ether oxygens (including phenoxy) is 2. The van der Waals surface area contributed by atoms with Gasteiger partial charge in [-0.15, -0.1) is 0 Å². The Kier molecular flexibility index (Phi) is 6.44. The van der Waals surface area contributed by atoms with Crippen LogP contribution in [0.15, 0.2) is 18.2 Å². The third-order valence-corrected chi connectivity index (χ3v) is 3.45. The highest BCUT2D eigenvalue weighted by atomic mass is 16.5. The largest absolute Gasteiger partial charge is 0.493 e. The van der Waals surface area contributed by atoms with Gasteiger partial charge in [-0.05, 0) is 44.4 Å². The van der Waals surface area contributed by atoms with Gasteiger partial charge in [0.15, 0.2) is 11.5 Å². The van der Waals surface area contributed by atoms with E-state index in [4.69, 9.17) is 14.7 Å². The minimum Gasteiger partial charge on any atom is -0.493 e. The van der Waals surface area contributed by atoms with Crippen LogP contribution >= 0.6 is 0 Å². The van der Waals surface area contributed by atoms with Crippen molar-refractivity contribution >= 4 is 5.91 Å². The van der Waals surface area contributed by atoms with Gasteiger partial charge in [-0.25, -0.2) is 0 Å². The fraction of sp³-hybridized carbons (Fsp3) is 0.556. The summed E-state index contributed by atoms with van der Waals surface area (Å²) in [6.07, 6.45) is 0. The summed E-state index contributed by atoms with van der Waals surface area (Å²) < 4.78 is 11.1. The molecule has 0 saturated heterocycles. The van der Waals surface area contributed by atoms with Gasteiger partial charge in [0.1, 0.15) is 5.41 Å². The number of hydrogen-bond donors (Lipinski definition) is 1. The number of benzene rings is 1. The van der Waals surface area contributed by atoms with E-state index in [1.807, 2.05) is 31.2 Å². The molecule has 0 aliphatic rings. The van der Waals surface area contributed by atoms with Gasteiger partial charge in [0, 0.05) is 0 Å². The Morgan fingerprint density at radius 2 is 1.96 bits per heavy atom. The molecule has 0 heterocycles. The van der Waals surface area contributed by atoms with Crippen molar-refractivity contribution in [3.63, 3.8) is 0 Å². The zero-order valence-electron chi connectivity index (χ0n) is 14.8. The lowest BCUT2D eigenvalue weighted by atomic mass is 9.94. The molecule has 0 aliphatic carbocycles. The molecular formula is C18H26N2O3. The second-order valence-electron chi connectivity index (χ2n) is 6.55. The van der Waals surface area contributed by atoms with Crippen molar-refractivity contribution in [2.24, 2.45) is 11.3 Å². The number of carbonyl (C=O) groups excluding carboxylic acids is 1. The van der Waals surface area contributed by atoms with Gasteiger partial charge in [-0.1, -0.05) is 19.9 Å². The van der Waals surface area contributed by atoms with Crippen molar-refractivity contribution in [1.82, 2.24) is 5.32 Å². The number of nitrogens with zero attached hydrogens (tertiary/aromatic N) is 1. The van der Waals surface area contributed by atoms with E-state index >= 15 is 0 Å². The van der Waals surface area contributed by atoms with Crippen LogP contribution in [-0.4, -0.2) is 19.6 Å². The van der Waals surface area contributed by atoms with Crippen LogP contribution in [-0.2, 0) is 4.79 Å². The Labute approximate surface area is 138 Å². The Hall–Kier alpha value is -2.22. The number of methoxy groups -OCH3 is 1. The van der Waals surface area contributed by atoms with Gasteiger partial charge in [-0.3, -0.25) is 4.79 Å². The van der Waals surface area contributed by atoms with Crippen LogP contribution in [0.1, 0.15) is 46.2 Å². The molecule has 0 unspecified atom stereocenters. The number of hydrogen-bond acceptors (Lipinski definition) is 4. The van der Waals surface area contributed by atoms with Crippen LogP contribution in [0, 0.1) is 22.7 Å². The number of rotatable bonds is 7. The van der Waals surface area contributed by atoms with Gasteiger partial charge in [-0.2, -0.15) is 5.26 Å². The van der Waals surface area contributed by atoms with Crippen molar-refractivity contribution in [1.29, 1.82) is 5.26 Å². The summed E-state index contributed by atoms with van der Waals surface area (Å²) in [5.74, 6) is 1.43. The van der Waals surface area contributed by atoms with E-state index in [1.54, 1.807) is 21.0 Å².